The average molecular weight is 321 g/mol. The van der Waals surface area contributed by atoms with Gasteiger partial charge in [-0.1, -0.05) is 24.1 Å². The number of benzene rings is 1. The number of likely N-dealkylation sites (tertiary alicyclic amines) is 1. The van der Waals surface area contributed by atoms with Crippen LogP contribution in [0.4, 0.5) is 0 Å². The van der Waals surface area contributed by atoms with E-state index in [2.05, 4.69) is 33.3 Å². The number of hydrogen-bond acceptors (Lipinski definition) is 3. The Bertz CT molecular complexity index is 770. The molecule has 0 aliphatic carbocycles. The lowest BCUT2D eigenvalue weighted by Gasteiger charge is -2.29. The Morgan fingerprint density at radius 1 is 1.38 bits per heavy atom. The number of amides is 1. The van der Waals surface area contributed by atoms with Gasteiger partial charge in [0.05, 0.1) is 12.1 Å². The first kappa shape index (κ1) is 16.5. The largest absolute Gasteiger partial charge is 0.352 e. The number of piperidine rings is 1. The van der Waals surface area contributed by atoms with E-state index in [4.69, 9.17) is 6.42 Å². The average Bonchev–Trinajstić information content (AvgIpc) is 2.60. The van der Waals surface area contributed by atoms with E-state index in [-0.39, 0.29) is 11.8 Å². The van der Waals surface area contributed by atoms with Crippen LogP contribution >= 0.6 is 0 Å². The Labute approximate surface area is 143 Å². The summed E-state index contributed by atoms with van der Waals surface area (Å²) in [5.41, 5.74) is 3.07. The van der Waals surface area contributed by atoms with Gasteiger partial charge < -0.3 is 5.32 Å². The number of pyridine rings is 1. The number of nitrogens with one attached hydrogen (secondary N) is 1. The van der Waals surface area contributed by atoms with Crippen molar-refractivity contribution in [2.45, 2.75) is 26.3 Å². The number of terminal acetylenes is 1. The fraction of sp³-hybridized carbons (Fsp3) is 0.400. The molecular weight excluding hydrogens is 298 g/mol. The van der Waals surface area contributed by atoms with Crippen molar-refractivity contribution in [3.05, 3.63) is 41.6 Å². The Morgan fingerprint density at radius 2 is 2.12 bits per heavy atom. The molecule has 1 aliphatic heterocycles. The second-order valence-electron chi connectivity index (χ2n) is 6.41. The van der Waals surface area contributed by atoms with Gasteiger partial charge in [0.25, 0.3) is 0 Å². The molecule has 1 fully saturated rings. The first-order chi connectivity index (χ1) is 11.7. The number of carbonyl (C=O) groups excluding carboxylic acids is 1. The second kappa shape index (κ2) is 7.46. The summed E-state index contributed by atoms with van der Waals surface area (Å²) in [7, 11) is 0. The lowest BCUT2D eigenvalue weighted by Crippen LogP contribution is -2.40. The molecule has 0 radical (unpaired) electrons. The van der Waals surface area contributed by atoms with E-state index in [1.807, 2.05) is 25.1 Å². The van der Waals surface area contributed by atoms with Gasteiger partial charge in [0.2, 0.25) is 5.91 Å². The van der Waals surface area contributed by atoms with Crippen molar-refractivity contribution in [2.75, 3.05) is 19.6 Å². The van der Waals surface area contributed by atoms with E-state index < -0.39 is 0 Å². The first-order valence-corrected chi connectivity index (χ1v) is 8.46. The van der Waals surface area contributed by atoms with Gasteiger partial charge in [-0.15, -0.1) is 6.42 Å². The standard InChI is InChI=1S/C20H23N3O/c1-3-10-23-11-8-16(9-12-23)20(24)21-14-17-13-15(2)22-19-7-5-4-6-18(17)19/h1,4-7,13,16H,8-12,14H2,2H3,(H,21,24). The van der Waals surface area contributed by atoms with Gasteiger partial charge >= 0.3 is 0 Å². The van der Waals surface area contributed by atoms with E-state index >= 15 is 0 Å². The molecule has 0 spiro atoms. The number of para-hydroxylation sites is 1. The molecule has 1 aliphatic rings. The molecule has 0 atom stereocenters. The Balaban J connectivity index is 1.62. The number of fused-ring (bicyclic) bond motifs is 1. The summed E-state index contributed by atoms with van der Waals surface area (Å²) in [5, 5.41) is 4.21. The summed E-state index contributed by atoms with van der Waals surface area (Å²) in [6, 6.07) is 10.1. The monoisotopic (exact) mass is 321 g/mol. The maximum absolute atomic E-state index is 12.5. The van der Waals surface area contributed by atoms with E-state index in [0.717, 1.165) is 48.1 Å². The van der Waals surface area contributed by atoms with Crippen molar-refractivity contribution in [2.24, 2.45) is 5.92 Å². The maximum Gasteiger partial charge on any atom is 0.223 e. The van der Waals surface area contributed by atoms with Crippen LogP contribution in [0.5, 0.6) is 0 Å². The zero-order chi connectivity index (χ0) is 16.9. The second-order valence-corrected chi connectivity index (χ2v) is 6.41. The molecule has 124 valence electrons. The van der Waals surface area contributed by atoms with Crippen LogP contribution in [0, 0.1) is 25.2 Å². The zero-order valence-electron chi connectivity index (χ0n) is 14.1. The van der Waals surface area contributed by atoms with Crippen molar-refractivity contribution < 1.29 is 4.79 Å². The molecule has 0 saturated carbocycles. The Morgan fingerprint density at radius 3 is 2.88 bits per heavy atom. The zero-order valence-corrected chi connectivity index (χ0v) is 14.1. The Kier molecular flexibility index (Phi) is 5.12. The molecule has 1 saturated heterocycles. The van der Waals surface area contributed by atoms with Gasteiger partial charge in [0.1, 0.15) is 0 Å². The van der Waals surface area contributed by atoms with E-state index in [9.17, 15) is 4.79 Å². The van der Waals surface area contributed by atoms with Gasteiger partial charge in [0.15, 0.2) is 0 Å². The van der Waals surface area contributed by atoms with Gasteiger partial charge in [0, 0.05) is 23.5 Å². The normalized spacial score (nSPS) is 16.0. The molecule has 2 heterocycles. The molecule has 1 aromatic heterocycles. The molecule has 1 aromatic carbocycles. The molecule has 1 amide bonds. The lowest BCUT2D eigenvalue weighted by atomic mass is 9.95. The van der Waals surface area contributed by atoms with Crippen molar-refractivity contribution >= 4 is 16.8 Å². The maximum atomic E-state index is 12.5. The molecule has 24 heavy (non-hydrogen) atoms. The van der Waals surface area contributed by atoms with Gasteiger partial charge in [-0.05, 0) is 50.6 Å². The highest BCUT2D eigenvalue weighted by Gasteiger charge is 2.24. The highest BCUT2D eigenvalue weighted by Crippen LogP contribution is 2.20. The van der Waals surface area contributed by atoms with E-state index in [1.54, 1.807) is 0 Å². The van der Waals surface area contributed by atoms with Crippen molar-refractivity contribution in [1.29, 1.82) is 0 Å². The van der Waals surface area contributed by atoms with Crippen LogP contribution in [0.15, 0.2) is 30.3 Å². The fourth-order valence-electron chi connectivity index (χ4n) is 3.35. The third-order valence-electron chi connectivity index (χ3n) is 4.66. The third-order valence-corrected chi connectivity index (χ3v) is 4.66. The summed E-state index contributed by atoms with van der Waals surface area (Å²) >= 11 is 0. The molecular formula is C20H23N3O. The smallest absolute Gasteiger partial charge is 0.223 e. The number of carbonyl (C=O) groups is 1. The molecule has 3 rings (SSSR count). The number of aromatic nitrogens is 1. The molecule has 4 heteroatoms. The van der Waals surface area contributed by atoms with Crippen LogP contribution in [0.25, 0.3) is 10.9 Å². The summed E-state index contributed by atoms with van der Waals surface area (Å²) < 4.78 is 0. The predicted octanol–water partition coefficient (Wildman–Crippen LogP) is 2.50. The number of rotatable bonds is 4. The number of hydrogen-bond donors (Lipinski definition) is 1. The number of aryl methyl sites for hydroxylation is 1. The van der Waals surface area contributed by atoms with Crippen LogP contribution in [0.1, 0.15) is 24.1 Å². The summed E-state index contributed by atoms with van der Waals surface area (Å²) in [4.78, 5) is 19.2. The molecule has 0 unspecified atom stereocenters. The van der Waals surface area contributed by atoms with E-state index in [0.29, 0.717) is 13.1 Å². The van der Waals surface area contributed by atoms with Crippen LogP contribution in [0.3, 0.4) is 0 Å². The molecule has 0 bridgehead atoms. The number of nitrogens with zero attached hydrogens (tertiary/aromatic N) is 2. The van der Waals surface area contributed by atoms with Gasteiger partial charge in [-0.2, -0.15) is 0 Å². The topological polar surface area (TPSA) is 45.2 Å². The van der Waals surface area contributed by atoms with Crippen LogP contribution < -0.4 is 5.32 Å². The quantitative estimate of drug-likeness (QED) is 0.880. The minimum atomic E-state index is 0.0909. The predicted molar refractivity (Wildman–Crippen MR) is 96.3 cm³/mol. The molecule has 1 N–H and O–H groups in total. The highest BCUT2D eigenvalue weighted by atomic mass is 16.1. The van der Waals surface area contributed by atoms with Gasteiger partial charge in [-0.25, -0.2) is 0 Å². The minimum Gasteiger partial charge on any atom is -0.352 e. The Hall–Kier alpha value is -2.38. The van der Waals surface area contributed by atoms with Crippen LogP contribution in [-0.2, 0) is 11.3 Å². The van der Waals surface area contributed by atoms with Crippen LogP contribution in [-0.4, -0.2) is 35.4 Å². The third kappa shape index (κ3) is 3.74. The van der Waals surface area contributed by atoms with E-state index in [1.165, 1.54) is 0 Å². The fourth-order valence-corrected chi connectivity index (χ4v) is 3.35. The highest BCUT2D eigenvalue weighted by molar-refractivity contribution is 5.83. The summed E-state index contributed by atoms with van der Waals surface area (Å²) in [6.07, 6.45) is 7.10. The van der Waals surface area contributed by atoms with Crippen molar-refractivity contribution in [3.8, 4) is 12.3 Å². The lowest BCUT2D eigenvalue weighted by molar-refractivity contribution is -0.126. The summed E-state index contributed by atoms with van der Waals surface area (Å²) in [6.45, 7) is 5.02. The van der Waals surface area contributed by atoms with Crippen molar-refractivity contribution in [3.63, 3.8) is 0 Å². The molecule has 2 aromatic rings. The van der Waals surface area contributed by atoms with Crippen molar-refractivity contribution in [1.82, 2.24) is 15.2 Å². The first-order valence-electron chi connectivity index (χ1n) is 8.46. The summed E-state index contributed by atoms with van der Waals surface area (Å²) in [5.74, 6) is 2.91. The molecule has 4 nitrogen and oxygen atoms in total. The van der Waals surface area contributed by atoms with Gasteiger partial charge in [-0.3, -0.25) is 14.7 Å². The minimum absolute atomic E-state index is 0.0909. The van der Waals surface area contributed by atoms with Crippen LogP contribution in [0.2, 0.25) is 0 Å². The SMILES string of the molecule is C#CCN1CCC(C(=O)NCc2cc(C)nc3ccccc23)CC1.